The van der Waals surface area contributed by atoms with Crippen LogP contribution in [-0.4, -0.2) is 29.9 Å². The number of hydrogen-bond acceptors (Lipinski definition) is 6. The Bertz CT molecular complexity index is 7230. The van der Waals surface area contributed by atoms with Crippen LogP contribution in [0.4, 0.5) is 0 Å². The van der Waals surface area contributed by atoms with Crippen molar-refractivity contribution in [3.63, 3.8) is 0 Å². The Morgan fingerprint density at radius 2 is 0.220 bits per heavy atom. The van der Waals surface area contributed by atoms with Gasteiger partial charge in [-0.15, -0.1) is 0 Å². The molecule has 6 heteroatoms. The highest BCUT2D eigenvalue weighted by molar-refractivity contribution is 6.08. The molecular weight excluding hydrogens is 1600 g/mol. The summed E-state index contributed by atoms with van der Waals surface area (Å²) in [5.41, 5.74) is 35.5. The van der Waals surface area contributed by atoms with Gasteiger partial charge in [-0.2, -0.15) is 0 Å². The lowest BCUT2D eigenvalue weighted by Gasteiger charge is -2.19. The average molecular weight is 1690 g/mol. The normalized spacial score (nSPS) is 10.9. The largest absolute Gasteiger partial charge is 0.208 e. The monoisotopic (exact) mass is 1680 g/mol. The van der Waals surface area contributed by atoms with E-state index in [2.05, 4.69) is 467 Å². The molecule has 21 rings (SSSR count). The highest BCUT2D eigenvalue weighted by Crippen LogP contribution is 2.44. The first-order valence-corrected chi connectivity index (χ1v) is 44.6. The molecule has 19 aromatic carbocycles. The van der Waals surface area contributed by atoms with E-state index in [-0.39, 0.29) is 0 Å². The van der Waals surface area contributed by atoms with Gasteiger partial charge in [0.1, 0.15) is 0 Å². The predicted molar refractivity (Wildman–Crippen MR) is 547 cm³/mol. The summed E-state index contributed by atoms with van der Waals surface area (Å²) in [4.78, 5) is 30.4. The van der Waals surface area contributed by atoms with E-state index in [0.29, 0.717) is 34.9 Å². The van der Waals surface area contributed by atoms with Gasteiger partial charge in [-0.05, 0) is 169 Å². The molecule has 0 saturated carbocycles. The smallest absolute Gasteiger partial charge is 0.164 e. The van der Waals surface area contributed by atoms with Crippen LogP contribution in [0.3, 0.4) is 0 Å². The minimum Gasteiger partial charge on any atom is -0.208 e. The molecule has 0 spiro atoms. The first-order valence-electron chi connectivity index (χ1n) is 44.6. The van der Waals surface area contributed by atoms with Gasteiger partial charge in [0.05, 0.1) is 0 Å². The second-order valence-corrected chi connectivity index (χ2v) is 32.3. The minimum atomic E-state index is 0.610. The molecule has 2 aromatic heterocycles. The lowest BCUT2D eigenvalue weighted by Crippen LogP contribution is -2.00. The van der Waals surface area contributed by atoms with E-state index >= 15 is 0 Å². The maximum atomic E-state index is 5.17. The van der Waals surface area contributed by atoms with Crippen LogP contribution in [-0.2, 0) is 0 Å². The number of hydrogen-bond donors (Lipinski definition) is 0. The summed E-state index contributed by atoms with van der Waals surface area (Å²) in [5, 5.41) is 0. The van der Waals surface area contributed by atoms with Crippen molar-refractivity contribution in [2.75, 3.05) is 0 Å². The minimum absolute atomic E-state index is 0.610. The second-order valence-electron chi connectivity index (χ2n) is 32.3. The summed E-state index contributed by atoms with van der Waals surface area (Å²) in [5.74, 6) is 3.74. The van der Waals surface area contributed by atoms with Gasteiger partial charge in [-0.25, -0.2) is 29.9 Å². The quantitative estimate of drug-likeness (QED) is 0.0629. The molecule has 0 amide bonds. The van der Waals surface area contributed by atoms with E-state index in [0.717, 1.165) is 134 Å². The third-order valence-electron chi connectivity index (χ3n) is 23.8. The van der Waals surface area contributed by atoms with Crippen LogP contribution in [0.1, 0.15) is 66.8 Å². The third-order valence-corrected chi connectivity index (χ3v) is 23.8. The van der Waals surface area contributed by atoms with Crippen molar-refractivity contribution in [2.45, 2.75) is 0 Å². The summed E-state index contributed by atoms with van der Waals surface area (Å²) in [6, 6.07) is 188. The van der Waals surface area contributed by atoms with Crippen LogP contribution in [0.2, 0.25) is 0 Å². The molecule has 0 aliphatic carbocycles. The zero-order valence-electron chi connectivity index (χ0n) is 72.5. The number of rotatable bonds is 22. The van der Waals surface area contributed by atoms with Gasteiger partial charge in [-0.1, -0.05) is 510 Å². The van der Waals surface area contributed by atoms with Crippen molar-refractivity contribution >= 4 is 33.4 Å². The fourth-order valence-electron chi connectivity index (χ4n) is 17.3. The predicted octanol–water partition coefficient (Wildman–Crippen LogP) is 31.4. The summed E-state index contributed by atoms with van der Waals surface area (Å²) >= 11 is 0. The molecule has 0 aliphatic rings. The van der Waals surface area contributed by atoms with E-state index in [9.17, 15) is 0 Å². The van der Waals surface area contributed by atoms with Crippen molar-refractivity contribution in [3.05, 3.63) is 601 Å². The van der Waals surface area contributed by atoms with E-state index in [1.54, 1.807) is 0 Å². The Balaban J connectivity index is 0.000000172. The van der Waals surface area contributed by atoms with E-state index in [1.807, 2.05) is 66.7 Å². The molecule has 0 unspecified atom stereocenters. The summed E-state index contributed by atoms with van der Waals surface area (Å²) in [6.45, 7) is 0. The lowest BCUT2D eigenvalue weighted by atomic mass is 9.85. The van der Waals surface area contributed by atoms with Crippen molar-refractivity contribution in [1.29, 1.82) is 0 Å². The molecule has 0 saturated heterocycles. The van der Waals surface area contributed by atoms with Gasteiger partial charge in [0.25, 0.3) is 0 Å². The van der Waals surface area contributed by atoms with E-state index in [1.165, 1.54) is 44.6 Å². The summed E-state index contributed by atoms with van der Waals surface area (Å²) in [7, 11) is 0. The molecule has 6 nitrogen and oxygen atoms in total. The fraction of sp³-hybridized carbons (Fsp3) is 0. The summed E-state index contributed by atoms with van der Waals surface area (Å²) < 4.78 is 0. The Kier molecular flexibility index (Phi) is 24.8. The highest BCUT2D eigenvalue weighted by Gasteiger charge is 2.23. The molecule has 0 bridgehead atoms. The molecular formula is C126H88N6. The van der Waals surface area contributed by atoms with E-state index in [4.69, 9.17) is 29.9 Å². The second kappa shape index (κ2) is 39.5. The molecule has 2 heterocycles. The van der Waals surface area contributed by atoms with Gasteiger partial charge < -0.3 is 0 Å². The zero-order valence-corrected chi connectivity index (χ0v) is 72.5. The van der Waals surface area contributed by atoms with Crippen LogP contribution < -0.4 is 0 Å². The van der Waals surface area contributed by atoms with Crippen LogP contribution in [0.5, 0.6) is 0 Å². The first kappa shape index (κ1) is 82.7. The zero-order chi connectivity index (χ0) is 88.4. The topological polar surface area (TPSA) is 77.3 Å². The number of benzene rings is 19. The Morgan fingerprint density at radius 1 is 0.0909 bits per heavy atom. The first-order chi connectivity index (χ1) is 65.5. The highest BCUT2D eigenvalue weighted by atomic mass is 15.0. The molecule has 622 valence electrons. The Labute approximate surface area is 771 Å². The molecule has 0 atom stereocenters. The van der Waals surface area contributed by atoms with Crippen molar-refractivity contribution < 1.29 is 0 Å². The van der Waals surface area contributed by atoms with Crippen LogP contribution in [0.15, 0.2) is 534 Å². The van der Waals surface area contributed by atoms with Crippen LogP contribution in [0, 0.1) is 0 Å². The summed E-state index contributed by atoms with van der Waals surface area (Å²) in [6.07, 6.45) is 0. The molecule has 0 fully saturated rings. The Morgan fingerprint density at radius 3 is 0.439 bits per heavy atom. The van der Waals surface area contributed by atoms with Gasteiger partial charge in [0.2, 0.25) is 0 Å². The van der Waals surface area contributed by atoms with Gasteiger partial charge in [0, 0.05) is 33.4 Å². The number of aromatic nitrogens is 6. The van der Waals surface area contributed by atoms with Gasteiger partial charge >= 0.3 is 0 Å². The molecule has 0 radical (unpaired) electrons. The SMILES string of the molecule is c1ccc(C(=C(c2ccccc2)c2cccc(-c3ccc(-c4nc(-c5ccccc5)nc(-c5ccc(-c6cccc(C(=C(c7ccccc7)c7ccccc7)c7ccccc7)c6)cc5)n4)cc3)c2)c2ccccc2)cc1.c1ccc(C(=C(c2ccccc2)c2cccc(-c3ccc(-c4nc(-c5ccccc5)nc(-c5cccc(-c6ccccc6)c5)n4)cc3)c2)c2ccccc2)cc1. The van der Waals surface area contributed by atoms with Crippen molar-refractivity contribution in [3.8, 4) is 113 Å². The van der Waals surface area contributed by atoms with Gasteiger partial charge in [0.15, 0.2) is 34.9 Å². The van der Waals surface area contributed by atoms with Crippen molar-refractivity contribution in [2.24, 2.45) is 0 Å². The lowest BCUT2D eigenvalue weighted by molar-refractivity contribution is 1.07. The molecule has 0 N–H and O–H groups in total. The van der Waals surface area contributed by atoms with Gasteiger partial charge in [-0.3, -0.25) is 0 Å². The third kappa shape index (κ3) is 18.8. The van der Waals surface area contributed by atoms with Crippen molar-refractivity contribution in [1.82, 2.24) is 29.9 Å². The van der Waals surface area contributed by atoms with Crippen LogP contribution in [0.25, 0.3) is 146 Å². The molecule has 132 heavy (non-hydrogen) atoms. The maximum Gasteiger partial charge on any atom is 0.164 e. The van der Waals surface area contributed by atoms with E-state index < -0.39 is 0 Å². The fourth-order valence-corrected chi connectivity index (χ4v) is 17.3. The molecule has 21 aromatic rings. The standard InChI is InChI=1S/C73H51N3.C53H37N3/c1-8-24-54(25-9-1)67(55-26-10-2-11-27-55)69(58-32-16-5-17-33-58)65-40-22-38-63(50-65)52-42-46-61(47-43-52)72-74-71(60-36-20-7-21-37-60)75-73(76-72)62-48-44-53(45-49-62)64-39-23-41-66(51-64)70(59-34-18-6-19-35-59)68(56-28-12-3-13-29-56)57-30-14-4-15-31-57;1-6-18-38(19-7-1)46-29-17-31-48(37-46)53-55-51(43-26-14-5-15-27-43)54-52(56-53)44-34-32-39(33-35-44)45-28-16-30-47(36-45)50(42-24-12-4-13-25-42)49(40-20-8-2-9-21-40)41-22-10-3-11-23-41/h1-51H;1-37H. The van der Waals surface area contributed by atoms with Crippen LogP contribution >= 0.6 is 0 Å². The Hall–Kier alpha value is -17.6. The maximum absolute atomic E-state index is 5.17. The number of nitrogens with zero attached hydrogens (tertiary/aromatic N) is 6. The average Bonchev–Trinajstić information content (AvgIpc) is 0.790. The molecule has 0 aliphatic heterocycles.